The molecule has 0 aliphatic heterocycles. The number of aldehydes is 1. The molecule has 0 aromatic rings. The van der Waals surface area contributed by atoms with E-state index in [9.17, 15) is 24.0 Å². The summed E-state index contributed by atoms with van der Waals surface area (Å²) in [5.74, 6) is -0.529. The monoisotopic (exact) mass is 630 g/mol. The largest absolute Gasteiger partial charge is 0.303 e. The first-order valence-corrected chi connectivity index (χ1v) is 17.6. The molecule has 0 amide bonds. The lowest BCUT2D eigenvalue weighted by molar-refractivity contribution is -0.156. The first kappa shape index (κ1) is 31.8. The summed E-state index contributed by atoms with van der Waals surface area (Å²) in [6.07, 6.45) is 25.1. The summed E-state index contributed by atoms with van der Waals surface area (Å²) in [6.45, 7) is 6.13. The maximum Gasteiger partial charge on any atom is 0.182 e. The number of ketones is 4. The second kappa shape index (κ2) is 12.1. The normalized spacial score (nSPS) is 39.3. The first-order valence-electron chi connectivity index (χ1n) is 17.6. The van der Waals surface area contributed by atoms with Crippen molar-refractivity contribution in [3.8, 4) is 0 Å². The Labute approximate surface area is 278 Å². The summed E-state index contributed by atoms with van der Waals surface area (Å²) in [7, 11) is 0. The highest BCUT2D eigenvalue weighted by Crippen LogP contribution is 2.66. The van der Waals surface area contributed by atoms with E-state index in [1.165, 1.54) is 29.6 Å². The predicted octanol–water partition coefficient (Wildman–Crippen LogP) is 8.15. The number of carbonyl (C=O) groups is 5. The fourth-order valence-electron chi connectivity index (χ4n) is 10.2. The molecule has 47 heavy (non-hydrogen) atoms. The van der Waals surface area contributed by atoms with E-state index in [2.05, 4.69) is 38.2 Å². The van der Waals surface area contributed by atoms with Gasteiger partial charge in [0.2, 0.25) is 0 Å². The summed E-state index contributed by atoms with van der Waals surface area (Å²) in [5, 5.41) is 0. The highest BCUT2D eigenvalue weighted by molar-refractivity contribution is 6.20. The fraction of sp³-hybridized carbons (Fsp3) is 0.500. The number of allylic oxidation sites excluding steroid dienone is 16. The Morgan fingerprint density at radius 1 is 0.681 bits per heavy atom. The molecule has 0 heterocycles. The van der Waals surface area contributed by atoms with Crippen molar-refractivity contribution in [2.24, 2.45) is 34.5 Å². The lowest BCUT2D eigenvalue weighted by atomic mass is 9.41. The third kappa shape index (κ3) is 5.44. The first-order chi connectivity index (χ1) is 22.5. The molecule has 244 valence electrons. The second-order valence-electron chi connectivity index (χ2n) is 15.7. The summed E-state index contributed by atoms with van der Waals surface area (Å²) in [5.41, 5.74) is 6.15. The van der Waals surface area contributed by atoms with Gasteiger partial charge in [-0.25, -0.2) is 0 Å². The van der Waals surface area contributed by atoms with Crippen molar-refractivity contribution in [3.05, 3.63) is 93.2 Å². The molecule has 0 N–H and O–H groups in total. The third-order valence-electron chi connectivity index (χ3n) is 12.7. The Morgan fingerprint density at radius 3 is 2.04 bits per heavy atom. The van der Waals surface area contributed by atoms with E-state index < -0.39 is 10.8 Å². The molecule has 8 aliphatic carbocycles. The molecular weight excluding hydrogens is 584 g/mol. The van der Waals surface area contributed by atoms with Crippen LogP contribution in [-0.4, -0.2) is 29.4 Å². The molecule has 0 aromatic carbocycles. The number of carbonyl (C=O) groups excluding carboxylic acids is 5. The van der Waals surface area contributed by atoms with E-state index in [1.54, 1.807) is 6.08 Å². The van der Waals surface area contributed by atoms with Crippen LogP contribution in [-0.2, 0) is 24.0 Å². The lowest BCUT2D eigenvalue weighted by Gasteiger charge is -2.60. The summed E-state index contributed by atoms with van der Waals surface area (Å²) < 4.78 is 0. The standard InChI is InChI=1S/C42H46O5/c1-25-6-4-8-28-15-33(14-27(3)10-11-30-19-38(45)31(12-25)20-37(30)44)41(24-43)22-35-17-29-9-5-7-26(2)13-32-21-39(46)42(35,23-34(41)16-28)36(18-29)40(32)47/h6-7,10,15,17,19-21,24,33-36H,4-5,8-9,11-14,16,18,22-23H2,1-3H3/b25-6+,26-7-,27-10-. The van der Waals surface area contributed by atoms with Gasteiger partial charge in [0.05, 0.1) is 0 Å². The van der Waals surface area contributed by atoms with Gasteiger partial charge >= 0.3 is 0 Å². The van der Waals surface area contributed by atoms with Crippen LogP contribution < -0.4 is 0 Å². The highest BCUT2D eigenvalue weighted by atomic mass is 16.1. The molecular formula is C42H46O5. The van der Waals surface area contributed by atoms with E-state index in [-0.39, 0.29) is 46.8 Å². The molecule has 0 radical (unpaired) electrons. The van der Waals surface area contributed by atoms with E-state index in [0.717, 1.165) is 48.8 Å². The van der Waals surface area contributed by atoms with Gasteiger partial charge in [-0.3, -0.25) is 19.2 Å². The number of hydrogen-bond donors (Lipinski definition) is 0. The number of fused-ring (bicyclic) bond motifs is 10. The van der Waals surface area contributed by atoms with Crippen molar-refractivity contribution in [1.82, 2.24) is 0 Å². The average molecular weight is 631 g/mol. The van der Waals surface area contributed by atoms with Gasteiger partial charge in [0, 0.05) is 33.5 Å². The molecule has 8 aliphatic rings. The van der Waals surface area contributed by atoms with Crippen molar-refractivity contribution >= 4 is 29.4 Å². The van der Waals surface area contributed by atoms with Crippen LogP contribution >= 0.6 is 0 Å². The summed E-state index contributed by atoms with van der Waals surface area (Å²) >= 11 is 0. The Balaban J connectivity index is 1.30. The van der Waals surface area contributed by atoms with Gasteiger partial charge in [-0.05, 0) is 134 Å². The van der Waals surface area contributed by atoms with E-state index in [1.807, 2.05) is 13.0 Å². The van der Waals surface area contributed by atoms with E-state index in [0.29, 0.717) is 61.7 Å². The van der Waals surface area contributed by atoms with E-state index in [4.69, 9.17) is 0 Å². The quantitative estimate of drug-likeness (QED) is 0.166. The van der Waals surface area contributed by atoms with Gasteiger partial charge in [-0.15, -0.1) is 0 Å². The molecule has 5 heteroatoms. The average Bonchev–Trinajstić information content (AvgIpc) is 3.02. The zero-order chi connectivity index (χ0) is 33.1. The highest BCUT2D eigenvalue weighted by Gasteiger charge is 2.65. The van der Waals surface area contributed by atoms with E-state index >= 15 is 0 Å². The third-order valence-corrected chi connectivity index (χ3v) is 12.7. The van der Waals surface area contributed by atoms with Crippen LogP contribution in [0.25, 0.3) is 0 Å². The maximum absolute atomic E-state index is 14.4. The van der Waals surface area contributed by atoms with Gasteiger partial charge in [-0.2, -0.15) is 0 Å². The topological polar surface area (TPSA) is 85.3 Å². The molecule has 6 atom stereocenters. The van der Waals surface area contributed by atoms with Crippen LogP contribution in [0.15, 0.2) is 93.2 Å². The molecule has 1 saturated carbocycles. The molecule has 0 saturated heterocycles. The van der Waals surface area contributed by atoms with Crippen molar-refractivity contribution in [2.45, 2.75) is 97.8 Å². The minimum Gasteiger partial charge on any atom is -0.303 e. The fourth-order valence-corrected chi connectivity index (χ4v) is 10.2. The Hall–Kier alpha value is -3.73. The molecule has 0 aromatic heterocycles. The molecule has 1 fully saturated rings. The van der Waals surface area contributed by atoms with Gasteiger partial charge in [-0.1, -0.05) is 58.2 Å². The Morgan fingerprint density at radius 2 is 1.32 bits per heavy atom. The van der Waals surface area contributed by atoms with Crippen molar-refractivity contribution in [3.63, 3.8) is 0 Å². The van der Waals surface area contributed by atoms with Gasteiger partial charge in [0.25, 0.3) is 0 Å². The van der Waals surface area contributed by atoms with Crippen LogP contribution in [0.3, 0.4) is 0 Å². The molecule has 5 nitrogen and oxygen atoms in total. The zero-order valence-corrected chi connectivity index (χ0v) is 28.0. The van der Waals surface area contributed by atoms with Gasteiger partial charge in [0.15, 0.2) is 23.1 Å². The van der Waals surface area contributed by atoms with Crippen LogP contribution in [0.4, 0.5) is 0 Å². The number of hydrogen-bond acceptors (Lipinski definition) is 5. The van der Waals surface area contributed by atoms with Crippen molar-refractivity contribution in [2.75, 3.05) is 0 Å². The van der Waals surface area contributed by atoms with Gasteiger partial charge in [0.1, 0.15) is 6.29 Å². The predicted molar refractivity (Wildman–Crippen MR) is 182 cm³/mol. The SMILES string of the molecule is C/C1=C/CCC2=CC3CC4(C=O)C5C=C(CC/C=C(\C)CC6=CC(=O)C(=CC6=O)C/C=C(/C)C5)CC4CC34C(=O)C=C(C1)C(=O)C4C2. The Bertz CT molecular complexity index is 1730. The van der Waals surface area contributed by atoms with Crippen LogP contribution in [0.2, 0.25) is 0 Å². The lowest BCUT2D eigenvalue weighted by Crippen LogP contribution is -2.60. The number of Topliss-reactive ketones (excluding diaryl/α,β-unsaturated/α-hetero) is 1. The molecule has 7 bridgehead atoms. The Kier molecular flexibility index (Phi) is 8.17. The minimum absolute atomic E-state index is 0.0280. The zero-order valence-electron chi connectivity index (χ0n) is 28.0. The molecule has 1 spiro atoms. The number of rotatable bonds is 1. The second-order valence-corrected chi connectivity index (χ2v) is 15.7. The van der Waals surface area contributed by atoms with Crippen molar-refractivity contribution < 1.29 is 24.0 Å². The maximum atomic E-state index is 14.4. The molecule has 8 rings (SSSR count). The smallest absolute Gasteiger partial charge is 0.182 e. The summed E-state index contributed by atoms with van der Waals surface area (Å²) in [6, 6.07) is 0. The van der Waals surface area contributed by atoms with Crippen molar-refractivity contribution in [1.29, 1.82) is 0 Å². The summed E-state index contributed by atoms with van der Waals surface area (Å²) in [4.78, 5) is 68.0. The minimum atomic E-state index is -0.782. The molecule has 6 unspecified atom stereocenters. The van der Waals surface area contributed by atoms with Crippen LogP contribution in [0, 0.1) is 34.5 Å². The van der Waals surface area contributed by atoms with Crippen LogP contribution in [0.5, 0.6) is 0 Å². The van der Waals surface area contributed by atoms with Gasteiger partial charge < -0.3 is 4.79 Å². The van der Waals surface area contributed by atoms with Crippen LogP contribution in [0.1, 0.15) is 97.8 Å².